The first-order chi connectivity index (χ1) is 15.1. The van der Waals surface area contributed by atoms with Gasteiger partial charge in [0.25, 0.3) is 5.56 Å². The van der Waals surface area contributed by atoms with Crippen LogP contribution in [0.1, 0.15) is 32.6 Å². The number of benzene rings is 2. The summed E-state index contributed by atoms with van der Waals surface area (Å²) in [6, 6.07) is 17.0. The van der Waals surface area contributed by atoms with Crippen molar-refractivity contribution in [3.8, 4) is 5.69 Å². The van der Waals surface area contributed by atoms with Crippen molar-refractivity contribution in [3.63, 3.8) is 0 Å². The van der Waals surface area contributed by atoms with Gasteiger partial charge in [0.05, 0.1) is 22.3 Å². The lowest BCUT2D eigenvalue weighted by molar-refractivity contribution is -0.119. The monoisotopic (exact) mass is 433 g/mol. The number of carbonyl (C=O) groups excluding carboxylic acids is 1. The quantitative estimate of drug-likeness (QED) is 0.462. The molecule has 4 atom stereocenters. The molecule has 5 rings (SSSR count). The molecule has 31 heavy (non-hydrogen) atoms. The molecule has 2 fully saturated rings. The lowest BCUT2D eigenvalue weighted by Gasteiger charge is -2.28. The molecular formula is C25H27N3O2S. The van der Waals surface area contributed by atoms with Gasteiger partial charge in [-0.2, -0.15) is 0 Å². The SMILES string of the molecule is C[C@H](NC(=O)CSc1nc2ccccc2c(=O)n1-c1ccccc1)[C@@H]1C[C@H]2CC[C@H]1C2. The molecule has 2 bridgehead atoms. The highest BCUT2D eigenvalue weighted by molar-refractivity contribution is 7.99. The Morgan fingerprint density at radius 1 is 1.13 bits per heavy atom. The number of hydrogen-bond acceptors (Lipinski definition) is 4. The maximum atomic E-state index is 13.2. The van der Waals surface area contributed by atoms with E-state index >= 15 is 0 Å². The van der Waals surface area contributed by atoms with E-state index < -0.39 is 0 Å². The number of para-hydroxylation sites is 2. The fourth-order valence-corrected chi connectivity index (χ4v) is 6.28. The van der Waals surface area contributed by atoms with Gasteiger partial charge in [-0.25, -0.2) is 4.98 Å². The largest absolute Gasteiger partial charge is 0.353 e. The van der Waals surface area contributed by atoms with E-state index in [0.29, 0.717) is 22.0 Å². The zero-order valence-corrected chi connectivity index (χ0v) is 18.5. The molecule has 2 aromatic carbocycles. The Kier molecular flexibility index (Phi) is 5.57. The third-order valence-electron chi connectivity index (χ3n) is 6.92. The van der Waals surface area contributed by atoms with Crippen molar-refractivity contribution in [2.24, 2.45) is 17.8 Å². The number of rotatable bonds is 6. The highest BCUT2D eigenvalue weighted by atomic mass is 32.2. The molecule has 1 aromatic heterocycles. The Balaban J connectivity index is 1.36. The normalized spacial score (nSPS) is 23.2. The maximum absolute atomic E-state index is 13.2. The predicted octanol–water partition coefficient (Wildman–Crippen LogP) is 4.42. The standard InChI is InChI=1S/C25H27N3O2S/c1-16(21-14-17-11-12-18(21)13-17)26-23(29)15-31-25-27-22-10-6-5-9-20(22)24(30)28(25)19-7-3-2-4-8-19/h2-10,16-18,21H,11-15H2,1H3,(H,26,29)/t16-,17-,18-,21-/m0/s1. The highest BCUT2D eigenvalue weighted by Crippen LogP contribution is 2.49. The summed E-state index contributed by atoms with van der Waals surface area (Å²) in [6.07, 6.45) is 5.26. The zero-order chi connectivity index (χ0) is 21.4. The van der Waals surface area contributed by atoms with E-state index in [9.17, 15) is 9.59 Å². The van der Waals surface area contributed by atoms with Crippen LogP contribution < -0.4 is 10.9 Å². The van der Waals surface area contributed by atoms with Crippen LogP contribution in [0, 0.1) is 17.8 Å². The molecule has 1 amide bonds. The van der Waals surface area contributed by atoms with Crippen LogP contribution in [-0.2, 0) is 4.79 Å². The number of nitrogens with zero attached hydrogens (tertiary/aromatic N) is 2. The Bertz CT molecular complexity index is 1160. The molecule has 2 saturated carbocycles. The van der Waals surface area contributed by atoms with E-state index in [1.807, 2.05) is 48.5 Å². The molecule has 160 valence electrons. The summed E-state index contributed by atoms with van der Waals surface area (Å²) in [6.45, 7) is 2.14. The number of aromatic nitrogens is 2. The average Bonchev–Trinajstić information content (AvgIpc) is 3.42. The number of amides is 1. The van der Waals surface area contributed by atoms with Gasteiger partial charge in [0.2, 0.25) is 5.91 Å². The molecule has 5 nitrogen and oxygen atoms in total. The Hall–Kier alpha value is -2.60. The molecule has 2 aliphatic carbocycles. The van der Waals surface area contributed by atoms with Crippen LogP contribution in [0.5, 0.6) is 0 Å². The first kappa shape index (κ1) is 20.3. The predicted molar refractivity (Wildman–Crippen MR) is 125 cm³/mol. The Labute approximate surface area is 186 Å². The van der Waals surface area contributed by atoms with Gasteiger partial charge in [0.1, 0.15) is 0 Å². The molecule has 0 aliphatic heterocycles. The Morgan fingerprint density at radius 2 is 1.90 bits per heavy atom. The third kappa shape index (κ3) is 4.01. The van der Waals surface area contributed by atoms with Crippen LogP contribution in [0.3, 0.4) is 0 Å². The molecule has 6 heteroatoms. The van der Waals surface area contributed by atoms with Gasteiger partial charge in [-0.05, 0) is 68.2 Å². The third-order valence-corrected chi connectivity index (χ3v) is 7.85. The molecule has 2 aliphatic rings. The van der Waals surface area contributed by atoms with Crippen molar-refractivity contribution in [1.29, 1.82) is 0 Å². The van der Waals surface area contributed by atoms with Crippen molar-refractivity contribution < 1.29 is 4.79 Å². The van der Waals surface area contributed by atoms with Crippen molar-refractivity contribution in [2.45, 2.75) is 43.8 Å². The molecule has 0 saturated heterocycles. The van der Waals surface area contributed by atoms with Gasteiger partial charge >= 0.3 is 0 Å². The zero-order valence-electron chi connectivity index (χ0n) is 17.7. The Morgan fingerprint density at radius 3 is 2.65 bits per heavy atom. The van der Waals surface area contributed by atoms with E-state index in [1.165, 1.54) is 37.4 Å². The molecule has 0 spiro atoms. The van der Waals surface area contributed by atoms with Crippen LogP contribution >= 0.6 is 11.8 Å². The minimum absolute atomic E-state index is 0.00212. The summed E-state index contributed by atoms with van der Waals surface area (Å²) < 4.78 is 1.61. The smallest absolute Gasteiger partial charge is 0.266 e. The summed E-state index contributed by atoms with van der Waals surface area (Å²) in [7, 11) is 0. The number of thioether (sulfide) groups is 1. The lowest BCUT2D eigenvalue weighted by atomic mass is 9.84. The second kappa shape index (κ2) is 8.50. The minimum Gasteiger partial charge on any atom is -0.353 e. The van der Waals surface area contributed by atoms with Gasteiger partial charge in [-0.3, -0.25) is 14.2 Å². The van der Waals surface area contributed by atoms with E-state index in [0.717, 1.165) is 17.5 Å². The van der Waals surface area contributed by atoms with Crippen LogP contribution in [-0.4, -0.2) is 27.3 Å². The van der Waals surface area contributed by atoms with Crippen LogP contribution in [0.25, 0.3) is 16.6 Å². The summed E-state index contributed by atoms with van der Waals surface area (Å²) in [5.41, 5.74) is 1.29. The summed E-state index contributed by atoms with van der Waals surface area (Å²) in [5.74, 6) is 2.49. The van der Waals surface area contributed by atoms with E-state index in [2.05, 4.69) is 12.2 Å². The fraction of sp³-hybridized carbons (Fsp3) is 0.400. The van der Waals surface area contributed by atoms with Crippen LogP contribution in [0.15, 0.2) is 64.5 Å². The molecule has 0 unspecified atom stereocenters. The van der Waals surface area contributed by atoms with Crippen LogP contribution in [0.2, 0.25) is 0 Å². The summed E-state index contributed by atoms with van der Waals surface area (Å²) >= 11 is 1.32. The highest BCUT2D eigenvalue weighted by Gasteiger charge is 2.42. The number of nitrogens with one attached hydrogen (secondary N) is 1. The second-order valence-corrected chi connectivity index (χ2v) is 9.81. The number of fused-ring (bicyclic) bond motifs is 3. The molecule has 1 heterocycles. The topological polar surface area (TPSA) is 64.0 Å². The maximum Gasteiger partial charge on any atom is 0.266 e. The van der Waals surface area contributed by atoms with E-state index in [4.69, 9.17) is 4.98 Å². The van der Waals surface area contributed by atoms with Crippen LogP contribution in [0.4, 0.5) is 0 Å². The van der Waals surface area contributed by atoms with Gasteiger partial charge in [-0.15, -0.1) is 0 Å². The van der Waals surface area contributed by atoms with Gasteiger partial charge in [-0.1, -0.05) is 48.5 Å². The second-order valence-electron chi connectivity index (χ2n) is 8.87. The summed E-state index contributed by atoms with van der Waals surface area (Å²) in [4.78, 5) is 30.7. The molecule has 1 N–H and O–H groups in total. The van der Waals surface area contributed by atoms with E-state index in [-0.39, 0.29) is 23.3 Å². The van der Waals surface area contributed by atoms with Crippen molar-refractivity contribution in [1.82, 2.24) is 14.9 Å². The van der Waals surface area contributed by atoms with Gasteiger partial charge in [0.15, 0.2) is 5.16 Å². The molecular weight excluding hydrogens is 406 g/mol. The van der Waals surface area contributed by atoms with Gasteiger partial charge in [0, 0.05) is 6.04 Å². The van der Waals surface area contributed by atoms with Crippen molar-refractivity contribution >= 4 is 28.6 Å². The minimum atomic E-state index is -0.116. The first-order valence-corrected chi connectivity index (χ1v) is 12.1. The first-order valence-electron chi connectivity index (χ1n) is 11.1. The van der Waals surface area contributed by atoms with Gasteiger partial charge < -0.3 is 5.32 Å². The lowest BCUT2D eigenvalue weighted by Crippen LogP contribution is -2.41. The average molecular weight is 434 g/mol. The summed E-state index contributed by atoms with van der Waals surface area (Å²) in [5, 5.41) is 4.33. The van der Waals surface area contributed by atoms with Crippen molar-refractivity contribution in [2.75, 3.05) is 5.75 Å². The molecule has 0 radical (unpaired) electrons. The number of hydrogen-bond donors (Lipinski definition) is 1. The fourth-order valence-electron chi connectivity index (χ4n) is 5.45. The van der Waals surface area contributed by atoms with Crippen molar-refractivity contribution in [3.05, 3.63) is 65.0 Å². The molecule has 3 aromatic rings. The number of carbonyl (C=O) groups is 1. The van der Waals surface area contributed by atoms with E-state index in [1.54, 1.807) is 10.6 Å².